The zero-order valence-electron chi connectivity index (χ0n) is 11.1. The van der Waals surface area contributed by atoms with Gasteiger partial charge in [0.1, 0.15) is 5.60 Å². The summed E-state index contributed by atoms with van der Waals surface area (Å²) in [4.78, 5) is 12.2. The molecule has 1 atom stereocenters. The number of ether oxygens (including phenoxy) is 2. The summed E-state index contributed by atoms with van der Waals surface area (Å²) in [5.74, 6) is -0.115. The summed E-state index contributed by atoms with van der Waals surface area (Å²) in [5.41, 5.74) is -0.744. The predicted octanol–water partition coefficient (Wildman–Crippen LogP) is 3.21. The molecule has 17 heavy (non-hydrogen) atoms. The number of unbranched alkanes of at least 4 members (excludes halogenated alkanes) is 1. The average Bonchev–Trinajstić information content (AvgIpc) is 2.96. The van der Waals surface area contributed by atoms with E-state index < -0.39 is 5.60 Å². The van der Waals surface area contributed by atoms with Gasteiger partial charge in [0.2, 0.25) is 0 Å². The lowest BCUT2D eigenvalue weighted by molar-refractivity contribution is -0.150. The standard InChI is InChI=1S/C14H24O3/c1-3-5-11-14(12(15)16-4-2)13(17-14)9-7-6-8-10-13/h3-11H2,1-2H3/t14-/m1/s1. The lowest BCUT2D eigenvalue weighted by atomic mass is 9.78. The minimum Gasteiger partial charge on any atom is -0.464 e. The zero-order valence-corrected chi connectivity index (χ0v) is 11.1. The molecule has 1 saturated carbocycles. The summed E-state index contributed by atoms with van der Waals surface area (Å²) in [6, 6.07) is 0. The fourth-order valence-electron chi connectivity index (χ4n) is 3.22. The van der Waals surface area contributed by atoms with Crippen LogP contribution in [-0.2, 0) is 14.3 Å². The van der Waals surface area contributed by atoms with Crippen molar-refractivity contribution in [1.29, 1.82) is 0 Å². The number of carbonyl (C=O) groups is 1. The largest absolute Gasteiger partial charge is 0.464 e. The van der Waals surface area contributed by atoms with Gasteiger partial charge in [-0.2, -0.15) is 0 Å². The average molecular weight is 240 g/mol. The molecule has 0 aromatic carbocycles. The van der Waals surface area contributed by atoms with Crippen molar-refractivity contribution in [2.24, 2.45) is 0 Å². The van der Waals surface area contributed by atoms with Crippen molar-refractivity contribution in [3.63, 3.8) is 0 Å². The molecule has 1 saturated heterocycles. The maximum absolute atomic E-state index is 12.2. The molecule has 1 aliphatic carbocycles. The van der Waals surface area contributed by atoms with Crippen LogP contribution in [0.4, 0.5) is 0 Å². The maximum atomic E-state index is 12.2. The van der Waals surface area contributed by atoms with Crippen LogP contribution in [0.15, 0.2) is 0 Å². The molecule has 1 spiro atoms. The van der Waals surface area contributed by atoms with E-state index in [9.17, 15) is 4.79 Å². The van der Waals surface area contributed by atoms with Gasteiger partial charge in [-0.25, -0.2) is 4.79 Å². The summed E-state index contributed by atoms with van der Waals surface area (Å²) in [6.45, 7) is 4.46. The first-order valence-corrected chi connectivity index (χ1v) is 7.08. The molecule has 3 heteroatoms. The van der Waals surface area contributed by atoms with Crippen LogP contribution >= 0.6 is 0 Å². The Morgan fingerprint density at radius 1 is 1.24 bits per heavy atom. The predicted molar refractivity (Wildman–Crippen MR) is 65.8 cm³/mol. The first kappa shape index (κ1) is 12.9. The lowest BCUT2D eigenvalue weighted by Gasteiger charge is -2.22. The molecular weight excluding hydrogens is 216 g/mol. The van der Waals surface area contributed by atoms with Crippen LogP contribution in [-0.4, -0.2) is 23.8 Å². The molecule has 0 bridgehead atoms. The molecule has 0 amide bonds. The van der Waals surface area contributed by atoms with E-state index in [1.807, 2.05) is 6.92 Å². The second-order valence-electron chi connectivity index (χ2n) is 5.31. The van der Waals surface area contributed by atoms with E-state index in [-0.39, 0.29) is 11.6 Å². The van der Waals surface area contributed by atoms with Gasteiger partial charge in [0.15, 0.2) is 5.60 Å². The third-order valence-electron chi connectivity index (χ3n) is 4.21. The Hall–Kier alpha value is -0.570. The van der Waals surface area contributed by atoms with E-state index in [4.69, 9.17) is 9.47 Å². The van der Waals surface area contributed by atoms with Gasteiger partial charge < -0.3 is 9.47 Å². The van der Waals surface area contributed by atoms with Crippen LogP contribution in [0.2, 0.25) is 0 Å². The SMILES string of the molecule is CCCC[C@]1(C(=O)OCC)OC12CCCCC2. The Kier molecular flexibility index (Phi) is 3.76. The van der Waals surface area contributed by atoms with E-state index in [0.717, 1.165) is 32.1 Å². The number of epoxide rings is 1. The van der Waals surface area contributed by atoms with E-state index in [1.165, 1.54) is 19.3 Å². The van der Waals surface area contributed by atoms with Crippen LogP contribution in [0.3, 0.4) is 0 Å². The zero-order chi connectivity index (χ0) is 12.4. The molecule has 0 aromatic rings. The van der Waals surface area contributed by atoms with Gasteiger partial charge in [0, 0.05) is 0 Å². The summed E-state index contributed by atoms with van der Waals surface area (Å²) >= 11 is 0. The van der Waals surface area contributed by atoms with E-state index in [1.54, 1.807) is 0 Å². The Morgan fingerprint density at radius 2 is 1.94 bits per heavy atom. The van der Waals surface area contributed by atoms with Crippen LogP contribution in [0.5, 0.6) is 0 Å². The monoisotopic (exact) mass is 240 g/mol. The Bertz CT molecular complexity index is 277. The van der Waals surface area contributed by atoms with E-state index in [2.05, 4.69) is 6.92 Å². The molecule has 0 radical (unpaired) electrons. The molecule has 0 unspecified atom stereocenters. The van der Waals surface area contributed by atoms with Gasteiger partial charge in [-0.15, -0.1) is 0 Å². The van der Waals surface area contributed by atoms with Crippen molar-refractivity contribution in [3.05, 3.63) is 0 Å². The van der Waals surface area contributed by atoms with Crippen molar-refractivity contribution < 1.29 is 14.3 Å². The highest BCUT2D eigenvalue weighted by atomic mass is 16.7. The molecule has 0 N–H and O–H groups in total. The molecular formula is C14H24O3. The molecule has 2 rings (SSSR count). The summed E-state index contributed by atoms with van der Waals surface area (Å²) < 4.78 is 11.2. The fraction of sp³-hybridized carbons (Fsp3) is 0.929. The van der Waals surface area contributed by atoms with Gasteiger partial charge in [0.05, 0.1) is 6.61 Å². The first-order valence-electron chi connectivity index (χ1n) is 7.08. The number of hydrogen-bond acceptors (Lipinski definition) is 3. The second-order valence-corrected chi connectivity index (χ2v) is 5.31. The minimum atomic E-state index is -0.584. The van der Waals surface area contributed by atoms with Crippen molar-refractivity contribution in [1.82, 2.24) is 0 Å². The molecule has 1 heterocycles. The molecule has 1 aliphatic heterocycles. The summed E-state index contributed by atoms with van der Waals surface area (Å²) in [5, 5.41) is 0. The van der Waals surface area contributed by atoms with Crippen molar-refractivity contribution >= 4 is 5.97 Å². The van der Waals surface area contributed by atoms with Gasteiger partial charge in [-0.3, -0.25) is 0 Å². The second kappa shape index (κ2) is 4.97. The van der Waals surface area contributed by atoms with Crippen LogP contribution in [0.1, 0.15) is 65.2 Å². The van der Waals surface area contributed by atoms with Gasteiger partial charge >= 0.3 is 5.97 Å². The highest BCUT2D eigenvalue weighted by Gasteiger charge is 2.74. The van der Waals surface area contributed by atoms with Gasteiger partial charge in [-0.1, -0.05) is 39.0 Å². The van der Waals surface area contributed by atoms with Crippen molar-refractivity contribution in [2.45, 2.75) is 76.4 Å². The van der Waals surface area contributed by atoms with Gasteiger partial charge in [-0.05, 0) is 26.2 Å². The maximum Gasteiger partial charge on any atom is 0.341 e. The Morgan fingerprint density at radius 3 is 2.53 bits per heavy atom. The Labute approximate surface area is 104 Å². The fourth-order valence-corrected chi connectivity index (χ4v) is 3.22. The van der Waals surface area contributed by atoms with Crippen molar-refractivity contribution in [2.75, 3.05) is 6.61 Å². The molecule has 0 aromatic heterocycles. The van der Waals surface area contributed by atoms with E-state index in [0.29, 0.717) is 6.61 Å². The number of esters is 1. The topological polar surface area (TPSA) is 38.8 Å². The number of carbonyl (C=O) groups excluding carboxylic acids is 1. The van der Waals surface area contributed by atoms with Crippen LogP contribution in [0.25, 0.3) is 0 Å². The highest BCUT2D eigenvalue weighted by molar-refractivity contribution is 5.85. The number of hydrogen-bond donors (Lipinski definition) is 0. The van der Waals surface area contributed by atoms with Crippen LogP contribution < -0.4 is 0 Å². The minimum absolute atomic E-state index is 0.115. The third-order valence-corrected chi connectivity index (χ3v) is 4.21. The van der Waals surface area contributed by atoms with Crippen molar-refractivity contribution in [3.8, 4) is 0 Å². The lowest BCUT2D eigenvalue weighted by Crippen LogP contribution is -2.37. The number of rotatable bonds is 5. The first-order chi connectivity index (χ1) is 8.21. The highest BCUT2D eigenvalue weighted by Crippen LogP contribution is 2.59. The normalized spacial score (nSPS) is 30.2. The molecule has 2 aliphatic rings. The van der Waals surface area contributed by atoms with E-state index >= 15 is 0 Å². The third kappa shape index (κ3) is 2.10. The quantitative estimate of drug-likeness (QED) is 0.547. The molecule has 98 valence electrons. The molecule has 2 fully saturated rings. The Balaban J connectivity index is 2.07. The summed E-state index contributed by atoms with van der Waals surface area (Å²) in [7, 11) is 0. The van der Waals surface area contributed by atoms with Crippen LogP contribution in [0, 0.1) is 0 Å². The van der Waals surface area contributed by atoms with Gasteiger partial charge in [0.25, 0.3) is 0 Å². The summed E-state index contributed by atoms with van der Waals surface area (Å²) in [6.07, 6.45) is 8.70. The smallest absolute Gasteiger partial charge is 0.341 e. The molecule has 3 nitrogen and oxygen atoms in total.